The number of unbranched alkanes of at least 4 members (excludes halogenated alkanes) is 5. The first-order chi connectivity index (χ1) is 12.0. The summed E-state index contributed by atoms with van der Waals surface area (Å²) in [5.41, 5.74) is -1.11. The Morgan fingerprint density at radius 1 is 1.12 bits per heavy atom. The zero-order chi connectivity index (χ0) is 20.0. The molecule has 1 aliphatic heterocycles. The second kappa shape index (κ2) is 9.96. The topological polar surface area (TPSA) is 54.5 Å². The molecule has 0 N–H and O–H groups in total. The summed E-state index contributed by atoms with van der Waals surface area (Å²) >= 11 is 1.62. The lowest BCUT2D eigenvalue weighted by Crippen LogP contribution is -2.51. The highest BCUT2D eigenvalue weighted by atomic mass is 32.2. The fourth-order valence-electron chi connectivity index (χ4n) is 3.76. The third kappa shape index (κ3) is 6.43. The minimum atomic E-state index is -0.640. The smallest absolute Gasteiger partial charge is 0.243 e. The largest absolute Gasteiger partial charge is 0.311 e. The van der Waals surface area contributed by atoms with Crippen molar-refractivity contribution in [3.05, 3.63) is 0 Å². The van der Waals surface area contributed by atoms with Crippen molar-refractivity contribution in [2.45, 2.75) is 96.8 Å². The Hall–Kier alpha value is -0.775. The van der Waals surface area contributed by atoms with Crippen molar-refractivity contribution in [3.63, 3.8) is 0 Å². The third-order valence-corrected chi connectivity index (χ3v) is 6.65. The summed E-state index contributed by atoms with van der Waals surface area (Å²) in [6.45, 7) is 9.77. The Morgan fingerprint density at radius 2 is 1.69 bits per heavy atom. The van der Waals surface area contributed by atoms with Gasteiger partial charge in [0.05, 0.1) is 10.9 Å². The summed E-state index contributed by atoms with van der Waals surface area (Å²) in [6.07, 6.45) is 8.17. The van der Waals surface area contributed by atoms with Crippen molar-refractivity contribution in [2.75, 3.05) is 5.75 Å². The molecule has 0 radical (unpaired) electrons. The standard InChI is InChI=1S/C20H36BNO3S/c1-6-7-8-9-10-11-12-26-15-13-16(23)22(17(15)24)20(4,5)14-19(2,3)18(21)25/h15H,6-14,21H2,1-5H3. The molecule has 148 valence electrons. The van der Waals surface area contributed by atoms with Crippen LogP contribution >= 0.6 is 11.8 Å². The van der Waals surface area contributed by atoms with Gasteiger partial charge in [-0.15, -0.1) is 11.8 Å². The molecular weight excluding hydrogens is 345 g/mol. The fourth-order valence-corrected chi connectivity index (χ4v) is 4.93. The molecule has 0 spiro atoms. The van der Waals surface area contributed by atoms with E-state index >= 15 is 0 Å². The van der Waals surface area contributed by atoms with E-state index in [0.29, 0.717) is 12.8 Å². The molecule has 4 nitrogen and oxygen atoms in total. The fraction of sp³-hybridized carbons (Fsp3) is 0.850. The average Bonchev–Trinajstić information content (AvgIpc) is 2.80. The minimum absolute atomic E-state index is 0.0738. The molecule has 1 rings (SSSR count). The van der Waals surface area contributed by atoms with Crippen molar-refractivity contribution in [1.29, 1.82) is 0 Å². The number of carbonyl (C=O) groups excluding carboxylic acids is 3. The van der Waals surface area contributed by atoms with Gasteiger partial charge < -0.3 is 4.79 Å². The Bertz CT molecular complexity index is 519. The van der Waals surface area contributed by atoms with Crippen LogP contribution in [0.1, 0.15) is 86.0 Å². The minimum Gasteiger partial charge on any atom is -0.311 e. The maximum absolute atomic E-state index is 12.8. The molecule has 1 aliphatic rings. The van der Waals surface area contributed by atoms with Gasteiger partial charge in [-0.05, 0) is 32.4 Å². The van der Waals surface area contributed by atoms with Crippen molar-refractivity contribution in [2.24, 2.45) is 5.41 Å². The maximum Gasteiger partial charge on any atom is 0.243 e. The van der Waals surface area contributed by atoms with E-state index in [2.05, 4.69) is 6.92 Å². The number of hydrogen-bond acceptors (Lipinski definition) is 4. The number of carbonyl (C=O) groups is 3. The van der Waals surface area contributed by atoms with E-state index in [4.69, 9.17) is 0 Å². The van der Waals surface area contributed by atoms with Crippen LogP contribution in [-0.2, 0) is 14.4 Å². The maximum atomic E-state index is 12.8. The molecule has 0 bridgehead atoms. The van der Waals surface area contributed by atoms with Gasteiger partial charge in [-0.3, -0.25) is 14.5 Å². The van der Waals surface area contributed by atoms with Gasteiger partial charge in [-0.1, -0.05) is 52.9 Å². The summed E-state index contributed by atoms with van der Waals surface area (Å²) < 4.78 is 0. The first-order valence-corrected chi connectivity index (χ1v) is 11.1. The van der Waals surface area contributed by atoms with Crippen molar-refractivity contribution < 1.29 is 14.4 Å². The predicted octanol–water partition coefficient (Wildman–Crippen LogP) is 3.56. The number of hydrogen-bond donors (Lipinski definition) is 0. The molecule has 0 saturated carbocycles. The SMILES string of the molecule is BC(=O)C(C)(C)CC(C)(C)N1C(=O)CC(SCCCCCCCC)C1=O. The van der Waals surface area contributed by atoms with E-state index in [1.54, 1.807) is 19.6 Å². The van der Waals surface area contributed by atoms with Crippen molar-refractivity contribution in [1.82, 2.24) is 4.90 Å². The first-order valence-electron chi connectivity index (χ1n) is 10.0. The number of thioether (sulfide) groups is 1. The molecule has 0 aromatic rings. The number of imide groups is 1. The molecule has 0 aromatic heterocycles. The Balaban J connectivity index is 2.56. The summed E-state index contributed by atoms with van der Waals surface area (Å²) in [6, 6.07) is 0. The lowest BCUT2D eigenvalue weighted by Gasteiger charge is -2.39. The van der Waals surface area contributed by atoms with E-state index in [1.165, 1.54) is 37.0 Å². The van der Waals surface area contributed by atoms with Crippen LogP contribution in [-0.4, -0.2) is 46.8 Å². The van der Waals surface area contributed by atoms with Gasteiger partial charge in [0, 0.05) is 17.4 Å². The van der Waals surface area contributed by atoms with Gasteiger partial charge in [-0.2, -0.15) is 0 Å². The van der Waals surface area contributed by atoms with Gasteiger partial charge in [0.2, 0.25) is 11.8 Å². The monoisotopic (exact) mass is 381 g/mol. The average molecular weight is 381 g/mol. The number of nitrogens with zero attached hydrogens (tertiary/aromatic N) is 1. The van der Waals surface area contributed by atoms with Crippen molar-refractivity contribution in [3.8, 4) is 0 Å². The lowest BCUT2D eigenvalue weighted by atomic mass is 9.70. The van der Waals surface area contributed by atoms with E-state index in [0.717, 1.165) is 12.2 Å². The molecule has 26 heavy (non-hydrogen) atoms. The van der Waals surface area contributed by atoms with Crippen LogP contribution in [0.15, 0.2) is 0 Å². The molecule has 1 heterocycles. The van der Waals surface area contributed by atoms with Gasteiger partial charge in [0.1, 0.15) is 0 Å². The second-order valence-corrected chi connectivity index (χ2v) is 10.1. The summed E-state index contributed by atoms with van der Waals surface area (Å²) in [7, 11) is 1.57. The first kappa shape index (κ1) is 23.3. The Morgan fingerprint density at radius 3 is 2.27 bits per heavy atom. The highest BCUT2D eigenvalue weighted by molar-refractivity contribution is 8.00. The van der Waals surface area contributed by atoms with Gasteiger partial charge >= 0.3 is 0 Å². The van der Waals surface area contributed by atoms with Crippen LogP contribution in [0.2, 0.25) is 0 Å². The third-order valence-electron chi connectivity index (χ3n) is 5.36. The molecule has 1 atom stereocenters. The second-order valence-electron chi connectivity index (χ2n) is 8.83. The zero-order valence-electron chi connectivity index (χ0n) is 17.5. The predicted molar refractivity (Wildman–Crippen MR) is 112 cm³/mol. The molecule has 0 aromatic carbocycles. The van der Waals surface area contributed by atoms with Crippen molar-refractivity contribution >= 4 is 37.1 Å². The summed E-state index contributed by atoms with van der Waals surface area (Å²) in [4.78, 5) is 38.6. The van der Waals surface area contributed by atoms with Crippen LogP contribution in [0, 0.1) is 5.41 Å². The lowest BCUT2D eigenvalue weighted by molar-refractivity contribution is -0.146. The Kier molecular flexibility index (Phi) is 8.91. The number of likely N-dealkylation sites (tertiary alicyclic amines) is 1. The molecule has 1 unspecified atom stereocenters. The summed E-state index contributed by atoms with van der Waals surface area (Å²) in [5, 5.41) is -0.252. The van der Waals surface area contributed by atoms with Crippen LogP contribution in [0.4, 0.5) is 0 Å². The summed E-state index contributed by atoms with van der Waals surface area (Å²) in [5.74, 6) is 0.762. The number of amides is 2. The van der Waals surface area contributed by atoms with E-state index in [-0.39, 0.29) is 22.7 Å². The van der Waals surface area contributed by atoms with Gasteiger partial charge in [0.15, 0.2) is 7.85 Å². The van der Waals surface area contributed by atoms with Gasteiger partial charge in [0.25, 0.3) is 0 Å². The van der Waals surface area contributed by atoms with Gasteiger partial charge in [-0.25, -0.2) is 0 Å². The number of rotatable bonds is 12. The molecule has 1 saturated heterocycles. The quantitative estimate of drug-likeness (QED) is 0.295. The van der Waals surface area contributed by atoms with E-state index in [1.807, 2.05) is 27.7 Å². The molecule has 2 amide bonds. The normalized spacial score (nSPS) is 18.7. The van der Waals surface area contributed by atoms with Crippen LogP contribution < -0.4 is 0 Å². The van der Waals surface area contributed by atoms with E-state index in [9.17, 15) is 14.4 Å². The zero-order valence-corrected chi connectivity index (χ0v) is 18.3. The molecule has 6 heteroatoms. The molecular formula is C20H36BNO3S. The Labute approximate surface area is 164 Å². The van der Waals surface area contributed by atoms with E-state index < -0.39 is 11.0 Å². The van der Waals surface area contributed by atoms with Crippen LogP contribution in [0.25, 0.3) is 0 Å². The highest BCUT2D eigenvalue weighted by Crippen LogP contribution is 2.37. The highest BCUT2D eigenvalue weighted by Gasteiger charge is 2.48. The van der Waals surface area contributed by atoms with Crippen LogP contribution in [0.5, 0.6) is 0 Å². The van der Waals surface area contributed by atoms with Crippen LogP contribution in [0.3, 0.4) is 0 Å². The molecule has 1 fully saturated rings. The molecule has 0 aliphatic carbocycles.